The van der Waals surface area contributed by atoms with Gasteiger partial charge in [0.15, 0.2) is 0 Å². The molecule has 2 rings (SSSR count). The van der Waals surface area contributed by atoms with Gasteiger partial charge in [0, 0.05) is 11.6 Å². The molecule has 0 atom stereocenters. The van der Waals surface area contributed by atoms with Gasteiger partial charge in [-0.1, -0.05) is 18.2 Å². The molecule has 0 aliphatic carbocycles. The maximum Gasteiger partial charge on any atom is 0.339 e. The summed E-state index contributed by atoms with van der Waals surface area (Å²) in [6.45, 7) is 3.71. The third-order valence-electron chi connectivity index (χ3n) is 2.57. The van der Waals surface area contributed by atoms with Crippen LogP contribution in [0.1, 0.15) is 15.9 Å². The topological polar surface area (TPSA) is 42.1 Å². The van der Waals surface area contributed by atoms with E-state index >= 15 is 0 Å². The molecule has 3 heteroatoms. The van der Waals surface area contributed by atoms with E-state index in [1.54, 1.807) is 6.07 Å². The molecular formula is C13H13NO2. The summed E-state index contributed by atoms with van der Waals surface area (Å²) in [4.78, 5) is 14.6. The van der Waals surface area contributed by atoms with Gasteiger partial charge in [-0.15, -0.1) is 6.58 Å². The molecule has 0 aliphatic rings. The number of hydrogen-bond acceptors (Lipinski definition) is 2. The van der Waals surface area contributed by atoms with E-state index in [1.165, 1.54) is 7.11 Å². The molecule has 1 heterocycles. The average molecular weight is 215 g/mol. The van der Waals surface area contributed by atoms with E-state index in [2.05, 4.69) is 11.6 Å². The predicted octanol–water partition coefficient (Wildman–Crippen LogP) is 2.68. The number of aromatic nitrogens is 1. The fraction of sp³-hybridized carbons (Fsp3) is 0.154. The minimum atomic E-state index is -0.322. The zero-order valence-electron chi connectivity index (χ0n) is 9.12. The van der Waals surface area contributed by atoms with Crippen molar-refractivity contribution in [3.8, 4) is 0 Å². The molecule has 82 valence electrons. The Morgan fingerprint density at radius 2 is 2.38 bits per heavy atom. The first-order valence-electron chi connectivity index (χ1n) is 5.06. The summed E-state index contributed by atoms with van der Waals surface area (Å²) >= 11 is 0. The van der Waals surface area contributed by atoms with Crippen molar-refractivity contribution < 1.29 is 9.53 Å². The van der Waals surface area contributed by atoms with Crippen molar-refractivity contribution in [3.05, 3.63) is 48.2 Å². The minimum absolute atomic E-state index is 0.322. The normalized spacial score (nSPS) is 10.3. The molecule has 0 unspecified atom stereocenters. The quantitative estimate of drug-likeness (QED) is 0.631. The number of esters is 1. The highest BCUT2D eigenvalue weighted by Crippen LogP contribution is 2.22. The smallest absolute Gasteiger partial charge is 0.339 e. The zero-order chi connectivity index (χ0) is 11.5. The van der Waals surface area contributed by atoms with E-state index in [0.29, 0.717) is 5.56 Å². The molecule has 3 nitrogen and oxygen atoms in total. The van der Waals surface area contributed by atoms with Gasteiger partial charge in [0.25, 0.3) is 0 Å². The minimum Gasteiger partial charge on any atom is -0.465 e. The summed E-state index contributed by atoms with van der Waals surface area (Å²) in [6.07, 6.45) is 4.52. The first-order chi connectivity index (χ1) is 7.77. The molecular weight excluding hydrogens is 202 g/mol. The van der Waals surface area contributed by atoms with Gasteiger partial charge >= 0.3 is 5.97 Å². The molecule has 0 bridgehead atoms. The lowest BCUT2D eigenvalue weighted by Crippen LogP contribution is -2.01. The molecule has 0 fully saturated rings. The number of ether oxygens (including phenoxy) is 1. The molecule has 0 saturated carbocycles. The number of allylic oxidation sites excluding steroid dienone is 1. The number of para-hydroxylation sites is 1. The number of carbonyl (C=O) groups excluding carboxylic acids is 1. The summed E-state index contributed by atoms with van der Waals surface area (Å²) in [5, 5.41) is 1.04. The number of aromatic amines is 1. The van der Waals surface area contributed by atoms with Crippen LogP contribution < -0.4 is 0 Å². The third-order valence-corrected chi connectivity index (χ3v) is 2.57. The van der Waals surface area contributed by atoms with E-state index in [4.69, 9.17) is 4.74 Å². The number of hydrogen-bond donors (Lipinski definition) is 1. The first-order valence-corrected chi connectivity index (χ1v) is 5.06. The number of rotatable bonds is 3. The second-order valence-electron chi connectivity index (χ2n) is 3.53. The highest BCUT2D eigenvalue weighted by atomic mass is 16.5. The van der Waals surface area contributed by atoms with Crippen LogP contribution in [-0.4, -0.2) is 18.1 Å². The van der Waals surface area contributed by atoms with Crippen molar-refractivity contribution in [2.75, 3.05) is 7.11 Å². The number of benzene rings is 1. The standard InChI is InChI=1S/C13H13NO2/c1-3-5-9-8-14-12-10(9)6-4-7-11(12)13(15)16-2/h3-4,6-8,14H,1,5H2,2H3. The molecule has 0 radical (unpaired) electrons. The third kappa shape index (κ3) is 1.60. The summed E-state index contributed by atoms with van der Waals surface area (Å²) in [5.41, 5.74) is 2.53. The summed E-state index contributed by atoms with van der Waals surface area (Å²) in [5.74, 6) is -0.322. The van der Waals surface area contributed by atoms with Gasteiger partial charge in [-0.05, 0) is 18.1 Å². The van der Waals surface area contributed by atoms with Crippen LogP contribution in [0.15, 0.2) is 37.1 Å². The van der Waals surface area contributed by atoms with Gasteiger partial charge in [0.1, 0.15) is 0 Å². The number of nitrogens with one attached hydrogen (secondary N) is 1. The van der Waals surface area contributed by atoms with Crippen LogP contribution in [-0.2, 0) is 11.2 Å². The molecule has 2 aromatic rings. The van der Waals surface area contributed by atoms with Gasteiger partial charge in [-0.2, -0.15) is 0 Å². The number of H-pyrrole nitrogens is 1. The maximum absolute atomic E-state index is 11.5. The van der Waals surface area contributed by atoms with Crippen molar-refractivity contribution >= 4 is 16.9 Å². The lowest BCUT2D eigenvalue weighted by molar-refractivity contribution is 0.0603. The molecule has 0 saturated heterocycles. The SMILES string of the molecule is C=CCc1c[nH]c2c(C(=O)OC)cccc12. The van der Waals surface area contributed by atoms with Crippen LogP contribution in [0.2, 0.25) is 0 Å². The van der Waals surface area contributed by atoms with Crippen LogP contribution in [0, 0.1) is 0 Å². The fourth-order valence-corrected chi connectivity index (χ4v) is 1.82. The molecule has 16 heavy (non-hydrogen) atoms. The Morgan fingerprint density at radius 3 is 3.06 bits per heavy atom. The van der Waals surface area contributed by atoms with Crippen molar-refractivity contribution in [2.45, 2.75) is 6.42 Å². The number of carbonyl (C=O) groups is 1. The summed E-state index contributed by atoms with van der Waals surface area (Å²) in [6, 6.07) is 5.59. The number of methoxy groups -OCH3 is 1. The van der Waals surface area contributed by atoms with E-state index in [9.17, 15) is 4.79 Å². The van der Waals surface area contributed by atoms with Gasteiger partial charge in [-0.3, -0.25) is 0 Å². The van der Waals surface area contributed by atoms with E-state index < -0.39 is 0 Å². The highest BCUT2D eigenvalue weighted by molar-refractivity contribution is 6.03. The first kappa shape index (κ1) is 10.5. The average Bonchev–Trinajstić information content (AvgIpc) is 2.72. The van der Waals surface area contributed by atoms with Crippen molar-refractivity contribution in [1.82, 2.24) is 4.98 Å². The Labute approximate surface area is 93.7 Å². The molecule has 0 spiro atoms. The van der Waals surface area contributed by atoms with Crippen LogP contribution in [0.25, 0.3) is 10.9 Å². The predicted molar refractivity (Wildman–Crippen MR) is 63.5 cm³/mol. The Bertz CT molecular complexity index is 540. The fourth-order valence-electron chi connectivity index (χ4n) is 1.82. The van der Waals surface area contributed by atoms with Gasteiger partial charge in [0.2, 0.25) is 0 Å². The van der Waals surface area contributed by atoms with Crippen LogP contribution in [0.4, 0.5) is 0 Å². The van der Waals surface area contributed by atoms with Crippen LogP contribution >= 0.6 is 0 Å². The Hall–Kier alpha value is -2.03. The molecule has 1 aromatic carbocycles. The van der Waals surface area contributed by atoms with E-state index in [-0.39, 0.29) is 5.97 Å². The lowest BCUT2D eigenvalue weighted by Gasteiger charge is -2.01. The van der Waals surface area contributed by atoms with Gasteiger partial charge in [-0.25, -0.2) is 4.79 Å². The summed E-state index contributed by atoms with van der Waals surface area (Å²) < 4.78 is 4.73. The van der Waals surface area contributed by atoms with Crippen molar-refractivity contribution in [3.63, 3.8) is 0 Å². The molecule has 1 aromatic heterocycles. The zero-order valence-corrected chi connectivity index (χ0v) is 9.12. The molecule has 1 N–H and O–H groups in total. The van der Waals surface area contributed by atoms with E-state index in [0.717, 1.165) is 22.9 Å². The second-order valence-corrected chi connectivity index (χ2v) is 3.53. The van der Waals surface area contributed by atoms with Crippen molar-refractivity contribution in [2.24, 2.45) is 0 Å². The Kier molecular flexibility index (Phi) is 2.77. The molecule has 0 amide bonds. The van der Waals surface area contributed by atoms with E-state index in [1.807, 2.05) is 24.4 Å². The highest BCUT2D eigenvalue weighted by Gasteiger charge is 2.12. The molecule has 0 aliphatic heterocycles. The Morgan fingerprint density at radius 1 is 1.56 bits per heavy atom. The van der Waals surface area contributed by atoms with Gasteiger partial charge in [0.05, 0.1) is 18.2 Å². The van der Waals surface area contributed by atoms with Crippen LogP contribution in [0.3, 0.4) is 0 Å². The monoisotopic (exact) mass is 215 g/mol. The second kappa shape index (κ2) is 4.23. The summed E-state index contributed by atoms with van der Waals surface area (Å²) in [7, 11) is 1.38. The number of fused-ring (bicyclic) bond motifs is 1. The van der Waals surface area contributed by atoms with Crippen molar-refractivity contribution in [1.29, 1.82) is 0 Å². The van der Waals surface area contributed by atoms with Gasteiger partial charge < -0.3 is 9.72 Å². The largest absolute Gasteiger partial charge is 0.465 e. The van der Waals surface area contributed by atoms with Crippen LogP contribution in [0.5, 0.6) is 0 Å². The lowest BCUT2D eigenvalue weighted by atomic mass is 10.1. The Balaban J connectivity index is 2.61. The maximum atomic E-state index is 11.5.